The fraction of sp³-hybridized carbons (Fsp3) is 0.333. The van der Waals surface area contributed by atoms with Gasteiger partial charge in [-0.15, -0.1) is 7.74 Å². The lowest BCUT2D eigenvalue weighted by molar-refractivity contribution is 1.77. The molecule has 0 bridgehead atoms. The van der Waals surface area contributed by atoms with Gasteiger partial charge in [-0.3, -0.25) is 0 Å². The topological polar surface area (TPSA) is 0 Å². The molecule has 0 heterocycles. The Kier molecular flexibility index (Phi) is 2.86. The van der Waals surface area contributed by atoms with E-state index < -0.39 is 7.74 Å². The molecule has 0 radical (unpaired) electrons. The van der Waals surface area contributed by atoms with Crippen LogP contribution in [0.3, 0.4) is 0 Å². The van der Waals surface area contributed by atoms with Crippen molar-refractivity contribution in [3.8, 4) is 0 Å². The Hall–Kier alpha value is -0.133. The predicted octanol–water partition coefficient (Wildman–Crippen LogP) is 3.09. The van der Waals surface area contributed by atoms with Crippen LogP contribution >= 0.6 is 8.13 Å². The standard InChI is InChI=1S/C9H14PSi/c1-11(2,3)10-9-7-5-4-6-8-9/h4-8H,1-3H3/q-1. The lowest BCUT2D eigenvalue weighted by Gasteiger charge is -2.33. The molecule has 60 valence electrons. The first-order chi connectivity index (χ1) is 5.08. The van der Waals surface area contributed by atoms with Crippen molar-refractivity contribution in [2.75, 3.05) is 0 Å². The summed E-state index contributed by atoms with van der Waals surface area (Å²) < 4.78 is 0. The Bertz CT molecular complexity index is 213. The maximum absolute atomic E-state index is 2.39. The molecular weight excluding hydrogens is 167 g/mol. The molecule has 1 aromatic rings. The summed E-state index contributed by atoms with van der Waals surface area (Å²) >= 11 is 0. The van der Waals surface area contributed by atoms with Gasteiger partial charge in [0, 0.05) is 0 Å². The fourth-order valence-electron chi connectivity index (χ4n) is 0.890. The summed E-state index contributed by atoms with van der Waals surface area (Å²) in [4.78, 5) is 0. The van der Waals surface area contributed by atoms with Gasteiger partial charge >= 0.3 is 0 Å². The first-order valence-corrected chi connectivity index (χ1v) is 9.09. The van der Waals surface area contributed by atoms with Crippen LogP contribution < -0.4 is 5.30 Å². The van der Waals surface area contributed by atoms with E-state index in [9.17, 15) is 0 Å². The van der Waals surface area contributed by atoms with E-state index in [1.165, 1.54) is 5.30 Å². The molecule has 1 aromatic carbocycles. The number of benzene rings is 1. The molecule has 0 N–H and O–H groups in total. The van der Waals surface area contributed by atoms with E-state index in [1.807, 2.05) is 0 Å². The smallest absolute Gasteiger partial charge is 0.0624 e. The van der Waals surface area contributed by atoms with Crippen molar-refractivity contribution >= 4 is 21.2 Å². The highest BCUT2D eigenvalue weighted by Crippen LogP contribution is 2.25. The Morgan fingerprint density at radius 3 is 2.00 bits per heavy atom. The summed E-state index contributed by atoms with van der Waals surface area (Å²) in [7, 11) is 0.620. The van der Waals surface area contributed by atoms with Crippen molar-refractivity contribution < 1.29 is 0 Å². The molecule has 0 saturated heterocycles. The second kappa shape index (κ2) is 3.51. The lowest BCUT2D eigenvalue weighted by Crippen LogP contribution is -2.16. The molecular formula is C9H14PSi-. The second-order valence-corrected chi connectivity index (χ2v) is 13.4. The van der Waals surface area contributed by atoms with Crippen molar-refractivity contribution in [3.63, 3.8) is 0 Å². The van der Waals surface area contributed by atoms with Gasteiger partial charge in [-0.25, -0.2) is 5.30 Å². The molecule has 11 heavy (non-hydrogen) atoms. The van der Waals surface area contributed by atoms with Crippen LogP contribution in [0, 0.1) is 0 Å². The van der Waals surface area contributed by atoms with E-state index in [4.69, 9.17) is 0 Å². The van der Waals surface area contributed by atoms with Gasteiger partial charge in [-0.2, -0.15) is 0 Å². The van der Waals surface area contributed by atoms with Crippen LogP contribution in [0.4, 0.5) is 0 Å². The van der Waals surface area contributed by atoms with E-state index in [0.717, 1.165) is 0 Å². The monoisotopic (exact) mass is 181 g/mol. The second-order valence-electron chi connectivity index (χ2n) is 3.62. The molecule has 0 fully saturated rings. The number of hydrogen-bond acceptors (Lipinski definition) is 0. The first-order valence-electron chi connectivity index (χ1n) is 3.86. The fourth-order valence-corrected chi connectivity index (χ4v) is 4.76. The lowest BCUT2D eigenvalue weighted by atomic mass is 10.4. The molecule has 0 atom stereocenters. The third-order valence-corrected chi connectivity index (χ3v) is 5.23. The Labute approximate surface area is 71.7 Å². The highest BCUT2D eigenvalue weighted by molar-refractivity contribution is 7.86. The minimum atomic E-state index is -0.926. The Balaban J connectivity index is 2.66. The zero-order valence-corrected chi connectivity index (χ0v) is 9.23. The van der Waals surface area contributed by atoms with Gasteiger partial charge in [0.25, 0.3) is 0 Å². The van der Waals surface area contributed by atoms with E-state index in [2.05, 4.69) is 50.0 Å². The van der Waals surface area contributed by atoms with Gasteiger partial charge in [0.15, 0.2) is 0 Å². The maximum atomic E-state index is 2.39. The van der Waals surface area contributed by atoms with Crippen LogP contribution in [0.1, 0.15) is 0 Å². The molecule has 0 aliphatic rings. The van der Waals surface area contributed by atoms with Crippen LogP contribution in [0.25, 0.3) is 0 Å². The minimum Gasteiger partial charge on any atom is -0.507 e. The van der Waals surface area contributed by atoms with Gasteiger partial charge in [-0.1, -0.05) is 50.0 Å². The van der Waals surface area contributed by atoms with Gasteiger partial charge in [0.05, 0.1) is 0 Å². The molecule has 2 heteroatoms. The summed E-state index contributed by atoms with van der Waals surface area (Å²) in [6.07, 6.45) is 0. The largest absolute Gasteiger partial charge is 0.507 e. The Morgan fingerprint density at radius 1 is 1.00 bits per heavy atom. The predicted molar refractivity (Wildman–Crippen MR) is 56.3 cm³/mol. The van der Waals surface area contributed by atoms with Gasteiger partial charge < -0.3 is 8.13 Å². The molecule has 0 aliphatic carbocycles. The van der Waals surface area contributed by atoms with Crippen LogP contribution in [-0.2, 0) is 0 Å². The summed E-state index contributed by atoms with van der Waals surface area (Å²) in [5.74, 6) is 0. The highest BCUT2D eigenvalue weighted by atomic mass is 31.3. The number of rotatable bonds is 2. The molecule has 1 rings (SSSR count). The molecule has 0 aliphatic heterocycles. The van der Waals surface area contributed by atoms with Gasteiger partial charge in [0.1, 0.15) is 0 Å². The van der Waals surface area contributed by atoms with Crippen molar-refractivity contribution in [2.24, 2.45) is 0 Å². The molecule has 0 spiro atoms. The zero-order valence-electron chi connectivity index (χ0n) is 7.33. The average molecular weight is 181 g/mol. The third-order valence-electron chi connectivity index (χ3n) is 1.22. The SMILES string of the molecule is C[Si](C)(C)[P-]c1ccccc1. The third kappa shape index (κ3) is 3.69. The quantitative estimate of drug-likeness (QED) is 0.486. The van der Waals surface area contributed by atoms with Crippen LogP contribution in [-0.4, -0.2) is 7.74 Å². The van der Waals surface area contributed by atoms with Gasteiger partial charge in [-0.05, 0) is 0 Å². The molecule has 0 unspecified atom stereocenters. The van der Waals surface area contributed by atoms with Crippen molar-refractivity contribution in [1.82, 2.24) is 0 Å². The first kappa shape index (κ1) is 8.96. The summed E-state index contributed by atoms with van der Waals surface area (Å²) in [6.45, 7) is 7.17. The minimum absolute atomic E-state index is 0.926. The van der Waals surface area contributed by atoms with E-state index in [1.54, 1.807) is 8.13 Å². The normalized spacial score (nSPS) is 12.6. The van der Waals surface area contributed by atoms with E-state index >= 15 is 0 Å². The highest BCUT2D eigenvalue weighted by Gasteiger charge is 1.96. The van der Waals surface area contributed by atoms with Crippen LogP contribution in [0.5, 0.6) is 0 Å². The molecule has 0 aromatic heterocycles. The molecule has 0 nitrogen and oxygen atoms in total. The van der Waals surface area contributed by atoms with Crippen molar-refractivity contribution in [2.45, 2.75) is 19.6 Å². The Morgan fingerprint density at radius 2 is 1.55 bits per heavy atom. The van der Waals surface area contributed by atoms with Gasteiger partial charge in [0.2, 0.25) is 0 Å². The summed E-state index contributed by atoms with van der Waals surface area (Å²) in [6, 6.07) is 10.7. The number of hydrogen-bond donors (Lipinski definition) is 0. The molecule has 0 amide bonds. The van der Waals surface area contributed by atoms with Crippen molar-refractivity contribution in [3.05, 3.63) is 30.3 Å². The van der Waals surface area contributed by atoms with Crippen LogP contribution in [0.15, 0.2) is 30.3 Å². The average Bonchev–Trinajstić information content (AvgIpc) is 1.85. The van der Waals surface area contributed by atoms with Crippen molar-refractivity contribution in [1.29, 1.82) is 0 Å². The zero-order chi connectivity index (χ0) is 8.32. The molecule has 0 saturated carbocycles. The summed E-state index contributed by atoms with van der Waals surface area (Å²) in [5.41, 5.74) is 0. The summed E-state index contributed by atoms with van der Waals surface area (Å²) in [5, 5.41) is 1.46. The maximum Gasteiger partial charge on any atom is -0.0624 e. The van der Waals surface area contributed by atoms with E-state index in [-0.39, 0.29) is 0 Å². The van der Waals surface area contributed by atoms with Crippen LogP contribution in [0.2, 0.25) is 19.6 Å². The van der Waals surface area contributed by atoms with E-state index in [0.29, 0.717) is 0 Å².